The first-order valence-electron chi connectivity index (χ1n) is 6.65. The van der Waals surface area contributed by atoms with Crippen LogP contribution in [0.15, 0.2) is 40.3 Å². The van der Waals surface area contributed by atoms with Crippen LogP contribution in [-0.4, -0.2) is 17.8 Å². The quantitative estimate of drug-likeness (QED) is 0.435. The molecule has 0 aliphatic rings. The van der Waals surface area contributed by atoms with Crippen molar-refractivity contribution in [1.29, 1.82) is 0 Å². The molecule has 0 atom stereocenters. The number of nitrogens with one attached hydrogen (secondary N) is 1. The summed E-state index contributed by atoms with van der Waals surface area (Å²) in [5.41, 5.74) is 11.4. The molecule has 0 heterocycles. The van der Waals surface area contributed by atoms with Crippen LogP contribution in [0.2, 0.25) is 0 Å². The Balaban J connectivity index is 2.84. The van der Waals surface area contributed by atoms with E-state index in [4.69, 9.17) is 11.5 Å². The van der Waals surface area contributed by atoms with Crippen molar-refractivity contribution in [2.24, 2.45) is 21.5 Å². The molecule has 6 heteroatoms. The standard InChI is InChI=1S/C14H21N5O/c1-2-3-5-10-12(18-13(15)19-14(16)20)17-11-8-6-4-7-9-11/h4,6-9H,2-3,5,10H2,1H3,(H5,15,16,17,18,19,20). The molecule has 0 spiro atoms. The van der Waals surface area contributed by atoms with Gasteiger partial charge < -0.3 is 11.5 Å². The monoisotopic (exact) mass is 275 g/mol. The number of amides is 2. The molecule has 0 saturated carbocycles. The second-order valence-electron chi connectivity index (χ2n) is 4.31. The van der Waals surface area contributed by atoms with Crippen LogP contribution in [0.5, 0.6) is 0 Å². The normalized spacial score (nSPS) is 12.2. The van der Waals surface area contributed by atoms with Gasteiger partial charge in [0.15, 0.2) is 0 Å². The Morgan fingerprint density at radius 2 is 1.90 bits per heavy atom. The molecule has 0 unspecified atom stereocenters. The fraction of sp³-hybridized carbons (Fsp3) is 0.357. The number of nitrogens with two attached hydrogens (primary N) is 2. The van der Waals surface area contributed by atoms with Crippen molar-refractivity contribution in [3.05, 3.63) is 30.3 Å². The number of carbonyl (C=O) groups is 1. The van der Waals surface area contributed by atoms with Gasteiger partial charge in [0.05, 0.1) is 5.69 Å². The molecule has 2 amide bonds. The highest BCUT2D eigenvalue weighted by atomic mass is 16.2. The van der Waals surface area contributed by atoms with Crippen LogP contribution in [0, 0.1) is 0 Å². The van der Waals surface area contributed by atoms with Crippen molar-refractivity contribution >= 4 is 23.5 Å². The Morgan fingerprint density at radius 1 is 1.20 bits per heavy atom. The lowest BCUT2D eigenvalue weighted by Gasteiger charge is -2.04. The van der Waals surface area contributed by atoms with Gasteiger partial charge in [-0.15, -0.1) is 0 Å². The summed E-state index contributed by atoms with van der Waals surface area (Å²) in [7, 11) is 0. The number of guanidine groups is 1. The number of benzene rings is 1. The van der Waals surface area contributed by atoms with Crippen molar-refractivity contribution in [3.8, 4) is 0 Å². The molecule has 1 rings (SSSR count). The summed E-state index contributed by atoms with van der Waals surface area (Å²) in [6.45, 7) is 2.13. The molecule has 0 saturated heterocycles. The minimum atomic E-state index is -0.737. The number of carbonyl (C=O) groups excluding carboxylic acids is 1. The molecule has 0 radical (unpaired) electrons. The first-order valence-corrected chi connectivity index (χ1v) is 6.65. The number of primary amides is 1. The van der Waals surface area contributed by atoms with Crippen LogP contribution in [0.1, 0.15) is 32.6 Å². The summed E-state index contributed by atoms with van der Waals surface area (Å²) >= 11 is 0. The summed E-state index contributed by atoms with van der Waals surface area (Å²) in [5, 5.41) is 2.24. The van der Waals surface area contributed by atoms with E-state index >= 15 is 0 Å². The van der Waals surface area contributed by atoms with Gasteiger partial charge in [0.2, 0.25) is 5.96 Å². The average Bonchev–Trinajstić information content (AvgIpc) is 2.39. The van der Waals surface area contributed by atoms with Crippen LogP contribution < -0.4 is 16.8 Å². The maximum Gasteiger partial charge on any atom is 0.318 e. The molecular formula is C14H21N5O. The molecule has 0 aromatic heterocycles. The smallest absolute Gasteiger partial charge is 0.318 e. The maximum absolute atomic E-state index is 10.7. The number of hydrogen-bond acceptors (Lipinski definition) is 2. The molecule has 5 N–H and O–H groups in total. The van der Waals surface area contributed by atoms with Gasteiger partial charge >= 0.3 is 6.03 Å². The lowest BCUT2D eigenvalue weighted by molar-refractivity contribution is 0.253. The third kappa shape index (κ3) is 6.53. The molecule has 20 heavy (non-hydrogen) atoms. The van der Waals surface area contributed by atoms with Gasteiger partial charge in [-0.2, -0.15) is 4.99 Å². The van der Waals surface area contributed by atoms with E-state index in [-0.39, 0.29) is 5.96 Å². The number of para-hydroxylation sites is 1. The lowest BCUT2D eigenvalue weighted by Crippen LogP contribution is -2.40. The predicted molar refractivity (Wildman–Crippen MR) is 82.0 cm³/mol. The number of nitrogens with zero attached hydrogens (tertiary/aromatic N) is 2. The van der Waals surface area contributed by atoms with Gasteiger partial charge in [0.25, 0.3) is 0 Å². The number of unbranched alkanes of at least 4 members (excludes halogenated alkanes) is 2. The molecule has 6 nitrogen and oxygen atoms in total. The minimum absolute atomic E-state index is 0.0383. The van der Waals surface area contributed by atoms with Crippen LogP contribution in [0.4, 0.5) is 10.5 Å². The fourth-order valence-electron chi connectivity index (χ4n) is 1.61. The van der Waals surface area contributed by atoms with E-state index in [9.17, 15) is 4.79 Å². The third-order valence-electron chi connectivity index (χ3n) is 2.52. The summed E-state index contributed by atoms with van der Waals surface area (Å²) in [5.74, 6) is 0.541. The van der Waals surface area contributed by atoms with E-state index in [1.807, 2.05) is 30.3 Å². The number of aliphatic imine (C=N–C) groups is 2. The Bertz CT molecular complexity index is 482. The Hall–Kier alpha value is -2.37. The van der Waals surface area contributed by atoms with Crippen molar-refractivity contribution in [2.45, 2.75) is 32.6 Å². The van der Waals surface area contributed by atoms with E-state index in [0.29, 0.717) is 12.3 Å². The van der Waals surface area contributed by atoms with E-state index in [1.54, 1.807) is 0 Å². The van der Waals surface area contributed by atoms with Gasteiger partial charge in [-0.3, -0.25) is 5.32 Å². The average molecular weight is 275 g/mol. The predicted octanol–water partition coefficient (Wildman–Crippen LogP) is 2.28. The second kappa shape index (κ2) is 8.68. The van der Waals surface area contributed by atoms with E-state index in [1.165, 1.54) is 0 Å². The molecule has 0 aliphatic heterocycles. The molecule has 108 valence electrons. The molecule has 1 aromatic carbocycles. The molecule has 0 aliphatic carbocycles. The number of amidine groups is 1. The fourth-order valence-corrected chi connectivity index (χ4v) is 1.61. The van der Waals surface area contributed by atoms with Crippen LogP contribution in [0.25, 0.3) is 0 Å². The zero-order valence-electron chi connectivity index (χ0n) is 11.7. The largest absolute Gasteiger partial charge is 0.369 e. The minimum Gasteiger partial charge on any atom is -0.369 e. The first kappa shape index (κ1) is 15.7. The van der Waals surface area contributed by atoms with Gasteiger partial charge in [0.1, 0.15) is 5.84 Å². The maximum atomic E-state index is 10.7. The van der Waals surface area contributed by atoms with Crippen LogP contribution in [-0.2, 0) is 0 Å². The highest BCUT2D eigenvalue weighted by Gasteiger charge is 2.02. The van der Waals surface area contributed by atoms with Crippen LogP contribution in [0.3, 0.4) is 0 Å². The Morgan fingerprint density at radius 3 is 2.50 bits per heavy atom. The molecule has 0 bridgehead atoms. The Labute approximate surface area is 119 Å². The van der Waals surface area contributed by atoms with Gasteiger partial charge in [0, 0.05) is 6.42 Å². The topological polar surface area (TPSA) is 106 Å². The van der Waals surface area contributed by atoms with Gasteiger partial charge in [-0.05, 0) is 18.6 Å². The lowest BCUT2D eigenvalue weighted by atomic mass is 10.2. The van der Waals surface area contributed by atoms with E-state index in [2.05, 4.69) is 22.2 Å². The molecular weight excluding hydrogens is 254 g/mol. The molecule has 0 fully saturated rings. The summed E-state index contributed by atoms with van der Waals surface area (Å²) < 4.78 is 0. The van der Waals surface area contributed by atoms with Gasteiger partial charge in [-0.1, -0.05) is 38.0 Å². The third-order valence-corrected chi connectivity index (χ3v) is 2.52. The van der Waals surface area contributed by atoms with Crippen molar-refractivity contribution in [3.63, 3.8) is 0 Å². The number of hydrogen-bond donors (Lipinski definition) is 3. The zero-order chi connectivity index (χ0) is 14.8. The zero-order valence-corrected chi connectivity index (χ0v) is 11.7. The Kier molecular flexibility index (Phi) is 6.81. The van der Waals surface area contributed by atoms with Crippen molar-refractivity contribution in [1.82, 2.24) is 5.32 Å². The highest BCUT2D eigenvalue weighted by molar-refractivity contribution is 6.02. The number of urea groups is 1. The van der Waals surface area contributed by atoms with E-state index in [0.717, 1.165) is 24.9 Å². The number of rotatable bonds is 5. The first-order chi connectivity index (χ1) is 9.61. The van der Waals surface area contributed by atoms with E-state index < -0.39 is 6.03 Å². The van der Waals surface area contributed by atoms with Crippen molar-refractivity contribution < 1.29 is 4.79 Å². The summed E-state index contributed by atoms with van der Waals surface area (Å²) in [6.07, 6.45) is 3.86. The highest BCUT2D eigenvalue weighted by Crippen LogP contribution is 2.13. The van der Waals surface area contributed by atoms with Crippen LogP contribution >= 0.6 is 0 Å². The SMILES string of the molecule is CCCCCC(=Nc1ccccc1)N=C(N)NC(N)=O. The molecule has 1 aromatic rings. The second-order valence-corrected chi connectivity index (χ2v) is 4.31. The summed E-state index contributed by atoms with van der Waals surface area (Å²) in [4.78, 5) is 19.3. The van der Waals surface area contributed by atoms with Gasteiger partial charge in [-0.25, -0.2) is 9.79 Å². The van der Waals surface area contributed by atoms with Crippen molar-refractivity contribution in [2.75, 3.05) is 0 Å². The summed E-state index contributed by atoms with van der Waals surface area (Å²) in [6, 6.07) is 8.75.